The number of amidine groups is 1. The van der Waals surface area contributed by atoms with E-state index in [-0.39, 0.29) is 18.9 Å². The maximum Gasteiger partial charge on any atom is 0.256 e. The second-order valence-corrected chi connectivity index (χ2v) is 4.92. The molecule has 1 aromatic rings. The largest absolute Gasteiger partial charge is 0.409 e. The van der Waals surface area contributed by atoms with Crippen molar-refractivity contribution in [1.82, 2.24) is 4.90 Å². The number of amides is 1. The van der Waals surface area contributed by atoms with E-state index in [1.165, 1.54) is 4.90 Å². The minimum absolute atomic E-state index is 0.0518. The Hall–Kier alpha value is -1.89. The van der Waals surface area contributed by atoms with Crippen LogP contribution in [-0.2, 0) is 0 Å². The Morgan fingerprint density at radius 3 is 2.62 bits per heavy atom. The normalized spacial score (nSPS) is 13.1. The molecule has 0 fully saturated rings. The predicted molar refractivity (Wildman–Crippen MR) is 75.5 cm³/mol. The molecule has 0 aliphatic heterocycles. The van der Waals surface area contributed by atoms with E-state index in [0.717, 1.165) is 12.1 Å². The summed E-state index contributed by atoms with van der Waals surface area (Å²) in [7, 11) is 0. The van der Waals surface area contributed by atoms with Crippen LogP contribution >= 0.6 is 11.6 Å². The van der Waals surface area contributed by atoms with Crippen LogP contribution in [0, 0.1) is 17.6 Å². The third kappa shape index (κ3) is 4.04. The van der Waals surface area contributed by atoms with E-state index < -0.39 is 34.0 Å². The Bertz CT molecular complexity index is 567. The van der Waals surface area contributed by atoms with Crippen LogP contribution in [0.2, 0.25) is 5.02 Å². The fourth-order valence-electron chi connectivity index (χ4n) is 1.74. The summed E-state index contributed by atoms with van der Waals surface area (Å²) in [6.07, 6.45) is 0. The van der Waals surface area contributed by atoms with Gasteiger partial charge in [0.1, 0.15) is 17.5 Å². The quantitative estimate of drug-likeness (QED) is 0.288. The van der Waals surface area contributed by atoms with Crippen LogP contribution in [0.3, 0.4) is 0 Å². The highest BCUT2D eigenvalue weighted by atomic mass is 35.5. The molecule has 0 spiro atoms. The van der Waals surface area contributed by atoms with E-state index in [1.807, 2.05) is 0 Å². The molecule has 0 saturated heterocycles. The molecule has 8 heteroatoms. The number of nitrogens with two attached hydrogens (primary N) is 1. The number of hydrogen-bond donors (Lipinski definition) is 2. The number of rotatable bonds is 5. The summed E-state index contributed by atoms with van der Waals surface area (Å²) in [5.74, 6) is -2.95. The molecule has 0 saturated carbocycles. The number of oxime groups is 1. The highest BCUT2D eigenvalue weighted by Gasteiger charge is 2.23. The highest BCUT2D eigenvalue weighted by molar-refractivity contribution is 6.30. The van der Waals surface area contributed by atoms with Gasteiger partial charge >= 0.3 is 0 Å². The second kappa shape index (κ2) is 7.21. The average Bonchev–Trinajstić information content (AvgIpc) is 2.46. The summed E-state index contributed by atoms with van der Waals surface area (Å²) < 4.78 is 27.1. The summed E-state index contributed by atoms with van der Waals surface area (Å²) in [5, 5.41) is 11.1. The van der Waals surface area contributed by atoms with Gasteiger partial charge in [0.05, 0.1) is 10.6 Å². The van der Waals surface area contributed by atoms with Gasteiger partial charge in [-0.3, -0.25) is 4.79 Å². The summed E-state index contributed by atoms with van der Waals surface area (Å²) in [5.41, 5.74) is 5.03. The first-order valence-corrected chi connectivity index (χ1v) is 6.60. The number of carbonyl (C=O) groups excluding carboxylic acids is 1. The third-order valence-electron chi connectivity index (χ3n) is 3.02. The maximum atomic E-state index is 13.8. The molecule has 1 aromatic carbocycles. The van der Waals surface area contributed by atoms with Crippen molar-refractivity contribution in [2.75, 3.05) is 13.1 Å². The monoisotopic (exact) mass is 319 g/mol. The van der Waals surface area contributed by atoms with Gasteiger partial charge in [0.25, 0.3) is 5.91 Å². The molecule has 21 heavy (non-hydrogen) atoms. The topological polar surface area (TPSA) is 78.9 Å². The molecule has 0 heterocycles. The van der Waals surface area contributed by atoms with Gasteiger partial charge in [-0.25, -0.2) is 8.78 Å². The Morgan fingerprint density at radius 1 is 1.48 bits per heavy atom. The molecule has 0 aliphatic rings. The molecule has 0 radical (unpaired) electrons. The molecular weight excluding hydrogens is 304 g/mol. The van der Waals surface area contributed by atoms with Crippen LogP contribution < -0.4 is 5.73 Å². The van der Waals surface area contributed by atoms with Gasteiger partial charge < -0.3 is 15.8 Å². The van der Waals surface area contributed by atoms with Crippen LogP contribution in [0.15, 0.2) is 17.3 Å². The van der Waals surface area contributed by atoms with Crippen molar-refractivity contribution in [2.45, 2.75) is 13.8 Å². The molecule has 1 unspecified atom stereocenters. The summed E-state index contributed by atoms with van der Waals surface area (Å²) >= 11 is 5.45. The zero-order valence-corrected chi connectivity index (χ0v) is 12.4. The Balaban J connectivity index is 3.02. The van der Waals surface area contributed by atoms with Crippen molar-refractivity contribution in [1.29, 1.82) is 0 Å². The van der Waals surface area contributed by atoms with Gasteiger partial charge in [-0.1, -0.05) is 23.7 Å². The van der Waals surface area contributed by atoms with E-state index in [2.05, 4.69) is 5.16 Å². The standard InChI is InChI=1S/C13H16ClF2N3O2/c1-3-19(6-7(2)12(17)18-21)13(20)8-4-11(16)9(14)5-10(8)15/h4-5,7,21H,3,6H2,1-2H3,(H2,17,18). The van der Waals surface area contributed by atoms with E-state index in [0.29, 0.717) is 0 Å². The minimum Gasteiger partial charge on any atom is -0.409 e. The zero-order chi connectivity index (χ0) is 16.2. The fourth-order valence-corrected chi connectivity index (χ4v) is 1.89. The first-order chi connectivity index (χ1) is 9.81. The molecule has 1 amide bonds. The third-order valence-corrected chi connectivity index (χ3v) is 3.31. The van der Waals surface area contributed by atoms with Gasteiger partial charge in [-0.05, 0) is 19.1 Å². The first-order valence-electron chi connectivity index (χ1n) is 6.23. The molecule has 5 nitrogen and oxygen atoms in total. The number of carbonyl (C=O) groups is 1. The number of hydrogen-bond acceptors (Lipinski definition) is 3. The van der Waals surface area contributed by atoms with Crippen molar-refractivity contribution in [3.05, 3.63) is 34.4 Å². The van der Waals surface area contributed by atoms with Crippen molar-refractivity contribution in [3.63, 3.8) is 0 Å². The Kier molecular flexibility index (Phi) is 5.90. The molecule has 0 aromatic heterocycles. The maximum absolute atomic E-state index is 13.8. The van der Waals surface area contributed by atoms with Gasteiger partial charge in [-0.15, -0.1) is 0 Å². The molecule has 116 valence electrons. The lowest BCUT2D eigenvalue weighted by Crippen LogP contribution is -2.39. The molecular formula is C13H16ClF2N3O2. The van der Waals surface area contributed by atoms with E-state index in [4.69, 9.17) is 22.5 Å². The van der Waals surface area contributed by atoms with E-state index in [1.54, 1.807) is 13.8 Å². The van der Waals surface area contributed by atoms with Gasteiger partial charge in [-0.2, -0.15) is 0 Å². The molecule has 0 aliphatic carbocycles. The minimum atomic E-state index is -0.902. The Labute approximate surface area is 126 Å². The van der Waals surface area contributed by atoms with Crippen LogP contribution in [0.4, 0.5) is 8.78 Å². The van der Waals surface area contributed by atoms with Crippen molar-refractivity contribution in [2.24, 2.45) is 16.8 Å². The Morgan fingerprint density at radius 2 is 2.10 bits per heavy atom. The molecule has 3 N–H and O–H groups in total. The second-order valence-electron chi connectivity index (χ2n) is 4.52. The fraction of sp³-hybridized carbons (Fsp3) is 0.385. The first kappa shape index (κ1) is 17.2. The summed E-state index contributed by atoms with van der Waals surface area (Å²) in [4.78, 5) is 13.5. The van der Waals surface area contributed by atoms with Crippen molar-refractivity contribution < 1.29 is 18.8 Å². The van der Waals surface area contributed by atoms with Crippen molar-refractivity contribution in [3.8, 4) is 0 Å². The number of benzene rings is 1. The van der Waals surface area contributed by atoms with Crippen LogP contribution in [0.1, 0.15) is 24.2 Å². The lowest BCUT2D eigenvalue weighted by molar-refractivity contribution is 0.0748. The van der Waals surface area contributed by atoms with Crippen LogP contribution in [0.5, 0.6) is 0 Å². The lowest BCUT2D eigenvalue weighted by Gasteiger charge is -2.24. The SMILES string of the molecule is CCN(CC(C)/C(N)=N/O)C(=O)c1cc(F)c(Cl)cc1F. The summed E-state index contributed by atoms with van der Waals surface area (Å²) in [6.45, 7) is 3.69. The number of halogens is 3. The van der Waals surface area contributed by atoms with E-state index >= 15 is 0 Å². The highest BCUT2D eigenvalue weighted by Crippen LogP contribution is 2.21. The van der Waals surface area contributed by atoms with Crippen molar-refractivity contribution >= 4 is 23.3 Å². The average molecular weight is 320 g/mol. The van der Waals surface area contributed by atoms with Gasteiger partial charge in [0.2, 0.25) is 0 Å². The zero-order valence-electron chi connectivity index (χ0n) is 11.6. The van der Waals surface area contributed by atoms with E-state index in [9.17, 15) is 13.6 Å². The molecule has 1 rings (SSSR count). The van der Waals surface area contributed by atoms with Crippen LogP contribution in [-0.4, -0.2) is 34.9 Å². The van der Waals surface area contributed by atoms with Crippen LogP contribution in [0.25, 0.3) is 0 Å². The number of nitrogens with zero attached hydrogens (tertiary/aromatic N) is 2. The summed E-state index contributed by atoms with van der Waals surface area (Å²) in [6, 6.07) is 1.52. The lowest BCUT2D eigenvalue weighted by atomic mass is 10.1. The predicted octanol–water partition coefficient (Wildman–Crippen LogP) is 2.46. The molecule has 0 bridgehead atoms. The van der Waals surface area contributed by atoms with Gasteiger partial charge in [0, 0.05) is 19.0 Å². The van der Waals surface area contributed by atoms with Gasteiger partial charge in [0.15, 0.2) is 0 Å². The smallest absolute Gasteiger partial charge is 0.256 e. The molecule has 1 atom stereocenters.